The van der Waals surface area contributed by atoms with Gasteiger partial charge in [0, 0.05) is 45.8 Å². The second-order valence-electron chi connectivity index (χ2n) is 6.06. The van der Waals surface area contributed by atoms with Crippen LogP contribution in [-0.2, 0) is 22.3 Å². The number of methoxy groups -OCH3 is 2. The first-order valence-electron chi connectivity index (χ1n) is 7.70. The lowest BCUT2D eigenvalue weighted by Crippen LogP contribution is -2.54. The zero-order chi connectivity index (χ0) is 15.3. The van der Waals surface area contributed by atoms with Gasteiger partial charge in [0.1, 0.15) is 0 Å². The fraction of sp³-hybridized carbons (Fsp3) is 0.647. The molecule has 0 saturated carbocycles. The molecule has 0 spiro atoms. The molecule has 0 fully saturated rings. The van der Waals surface area contributed by atoms with Crippen molar-refractivity contribution >= 4 is 0 Å². The van der Waals surface area contributed by atoms with E-state index in [0.717, 1.165) is 32.4 Å². The van der Waals surface area contributed by atoms with Crippen molar-refractivity contribution < 1.29 is 9.47 Å². The third-order valence-electron chi connectivity index (χ3n) is 4.76. The molecule has 2 N–H and O–H groups in total. The van der Waals surface area contributed by atoms with Crippen LogP contribution >= 0.6 is 0 Å². The Morgan fingerprint density at radius 3 is 2.10 bits per heavy atom. The summed E-state index contributed by atoms with van der Waals surface area (Å²) >= 11 is 0. The molecule has 1 aromatic carbocycles. The summed E-state index contributed by atoms with van der Waals surface area (Å²) in [7, 11) is 3.37. The van der Waals surface area contributed by atoms with Gasteiger partial charge < -0.3 is 15.2 Å². The summed E-state index contributed by atoms with van der Waals surface area (Å²) in [5, 5.41) is 0. The van der Waals surface area contributed by atoms with E-state index in [-0.39, 0.29) is 11.8 Å². The van der Waals surface area contributed by atoms with Crippen LogP contribution in [0, 0.1) is 0 Å². The van der Waals surface area contributed by atoms with Crippen molar-refractivity contribution in [3.8, 4) is 0 Å². The van der Waals surface area contributed by atoms with Crippen molar-refractivity contribution in [1.82, 2.24) is 4.90 Å². The van der Waals surface area contributed by atoms with Crippen LogP contribution < -0.4 is 5.73 Å². The minimum Gasteiger partial charge on any atom is -0.356 e. The summed E-state index contributed by atoms with van der Waals surface area (Å²) < 4.78 is 10.8. The van der Waals surface area contributed by atoms with E-state index in [1.165, 1.54) is 11.1 Å². The summed E-state index contributed by atoms with van der Waals surface area (Å²) in [4.78, 5) is 2.50. The lowest BCUT2D eigenvalue weighted by molar-refractivity contribution is -0.128. The van der Waals surface area contributed by atoms with Crippen molar-refractivity contribution in [1.29, 1.82) is 0 Å². The Bertz CT molecular complexity index is 421. The highest BCUT2D eigenvalue weighted by atomic mass is 16.7. The predicted molar refractivity (Wildman–Crippen MR) is 85.3 cm³/mol. The van der Waals surface area contributed by atoms with Gasteiger partial charge in [0.2, 0.25) is 0 Å². The van der Waals surface area contributed by atoms with E-state index in [1.807, 2.05) is 0 Å². The Balaban J connectivity index is 2.09. The van der Waals surface area contributed by atoms with Gasteiger partial charge in [-0.2, -0.15) is 0 Å². The van der Waals surface area contributed by atoms with Crippen molar-refractivity contribution in [2.45, 2.75) is 38.0 Å². The number of benzene rings is 1. The quantitative estimate of drug-likeness (QED) is 0.813. The zero-order valence-corrected chi connectivity index (χ0v) is 13.5. The van der Waals surface area contributed by atoms with E-state index >= 15 is 0 Å². The fourth-order valence-corrected chi connectivity index (χ4v) is 3.17. The second kappa shape index (κ2) is 7.36. The third-order valence-corrected chi connectivity index (χ3v) is 4.76. The number of ether oxygens (including phenoxy) is 2. The predicted octanol–water partition coefficient (Wildman–Crippen LogP) is 1.81. The smallest absolute Gasteiger partial charge is 0.158 e. The van der Waals surface area contributed by atoms with E-state index in [9.17, 15) is 0 Å². The highest BCUT2D eigenvalue weighted by Crippen LogP contribution is 2.26. The maximum Gasteiger partial charge on any atom is 0.158 e. The molecule has 1 unspecified atom stereocenters. The standard InChI is InChI=1S/C17H28N2O2/c1-17(13-18,12-16(20-2)21-3)19-10-8-14-6-4-5-7-15(14)9-11-19/h4-7,16H,8-13,18H2,1-3H3. The van der Waals surface area contributed by atoms with Gasteiger partial charge in [-0.05, 0) is 30.9 Å². The number of nitrogens with two attached hydrogens (primary N) is 1. The SMILES string of the molecule is COC(CC(C)(CN)N1CCc2ccccc2CC1)OC. The molecule has 21 heavy (non-hydrogen) atoms. The maximum absolute atomic E-state index is 6.10. The number of hydrogen-bond acceptors (Lipinski definition) is 4. The average Bonchev–Trinajstić information content (AvgIpc) is 2.75. The molecule has 2 rings (SSSR count). The molecule has 118 valence electrons. The van der Waals surface area contributed by atoms with Crippen molar-refractivity contribution in [3.05, 3.63) is 35.4 Å². The minimum atomic E-state index is -0.204. The van der Waals surface area contributed by atoms with Crippen LogP contribution in [0.3, 0.4) is 0 Å². The number of rotatable bonds is 6. The lowest BCUT2D eigenvalue weighted by atomic mass is 9.94. The van der Waals surface area contributed by atoms with Crippen LogP contribution in [0.4, 0.5) is 0 Å². The van der Waals surface area contributed by atoms with Crippen LogP contribution in [0.2, 0.25) is 0 Å². The van der Waals surface area contributed by atoms with Gasteiger partial charge in [0.15, 0.2) is 6.29 Å². The van der Waals surface area contributed by atoms with E-state index in [4.69, 9.17) is 15.2 Å². The summed E-state index contributed by atoms with van der Waals surface area (Å²) in [6, 6.07) is 8.74. The molecule has 0 radical (unpaired) electrons. The summed E-state index contributed by atoms with van der Waals surface area (Å²) in [6.07, 6.45) is 2.74. The van der Waals surface area contributed by atoms with Gasteiger partial charge in [-0.15, -0.1) is 0 Å². The van der Waals surface area contributed by atoms with Crippen molar-refractivity contribution in [3.63, 3.8) is 0 Å². The molecule has 1 aromatic rings. The first kappa shape index (κ1) is 16.4. The topological polar surface area (TPSA) is 47.7 Å². The van der Waals surface area contributed by atoms with E-state index in [2.05, 4.69) is 36.1 Å². The Morgan fingerprint density at radius 1 is 1.14 bits per heavy atom. The number of nitrogens with zero attached hydrogens (tertiary/aromatic N) is 1. The number of fused-ring (bicyclic) bond motifs is 1. The second-order valence-corrected chi connectivity index (χ2v) is 6.06. The third kappa shape index (κ3) is 3.83. The summed E-state index contributed by atoms with van der Waals surface area (Å²) in [5.41, 5.74) is 8.93. The average molecular weight is 292 g/mol. The van der Waals surface area contributed by atoms with Crippen LogP contribution in [0.1, 0.15) is 24.5 Å². The van der Waals surface area contributed by atoms with E-state index < -0.39 is 0 Å². The maximum atomic E-state index is 6.10. The normalized spacial score (nSPS) is 19.1. The molecule has 0 saturated heterocycles. The molecular weight excluding hydrogens is 264 g/mol. The molecule has 4 heteroatoms. The van der Waals surface area contributed by atoms with E-state index in [0.29, 0.717) is 6.54 Å². The summed E-state index contributed by atoms with van der Waals surface area (Å²) in [6.45, 7) is 4.89. The van der Waals surface area contributed by atoms with Crippen molar-refractivity contribution in [2.24, 2.45) is 5.73 Å². The number of hydrogen-bond donors (Lipinski definition) is 1. The molecule has 0 aromatic heterocycles. The van der Waals surface area contributed by atoms with Gasteiger partial charge in [-0.25, -0.2) is 0 Å². The highest BCUT2D eigenvalue weighted by molar-refractivity contribution is 5.28. The van der Waals surface area contributed by atoms with E-state index in [1.54, 1.807) is 14.2 Å². The Hall–Kier alpha value is -0.940. The van der Waals surface area contributed by atoms with Gasteiger partial charge in [-0.1, -0.05) is 24.3 Å². The molecule has 0 amide bonds. The Kier molecular flexibility index (Phi) is 5.76. The lowest BCUT2D eigenvalue weighted by Gasteiger charge is -2.41. The fourth-order valence-electron chi connectivity index (χ4n) is 3.17. The van der Waals surface area contributed by atoms with Crippen LogP contribution in [-0.4, -0.2) is 50.6 Å². The first-order chi connectivity index (χ1) is 10.1. The van der Waals surface area contributed by atoms with Crippen LogP contribution in [0.5, 0.6) is 0 Å². The van der Waals surface area contributed by atoms with Gasteiger partial charge >= 0.3 is 0 Å². The first-order valence-corrected chi connectivity index (χ1v) is 7.70. The molecule has 1 heterocycles. The molecule has 0 aliphatic carbocycles. The largest absolute Gasteiger partial charge is 0.356 e. The Labute approximate surface area is 128 Å². The van der Waals surface area contributed by atoms with Crippen LogP contribution in [0.25, 0.3) is 0 Å². The molecule has 1 aliphatic heterocycles. The van der Waals surface area contributed by atoms with Crippen molar-refractivity contribution in [2.75, 3.05) is 33.9 Å². The molecule has 1 atom stereocenters. The Morgan fingerprint density at radius 2 is 1.67 bits per heavy atom. The highest BCUT2D eigenvalue weighted by Gasteiger charge is 2.34. The van der Waals surface area contributed by atoms with Gasteiger partial charge in [0.25, 0.3) is 0 Å². The summed E-state index contributed by atoms with van der Waals surface area (Å²) in [5.74, 6) is 0. The van der Waals surface area contributed by atoms with Gasteiger partial charge in [-0.3, -0.25) is 4.90 Å². The molecule has 0 bridgehead atoms. The van der Waals surface area contributed by atoms with Gasteiger partial charge in [0.05, 0.1) is 0 Å². The minimum absolute atomic E-state index is 0.0985. The van der Waals surface area contributed by atoms with Crippen LogP contribution in [0.15, 0.2) is 24.3 Å². The molecule has 4 nitrogen and oxygen atoms in total. The molecular formula is C17H28N2O2. The zero-order valence-electron chi connectivity index (χ0n) is 13.5. The monoisotopic (exact) mass is 292 g/mol. The molecule has 1 aliphatic rings.